The Kier molecular flexibility index (Phi) is 9.72. The molecule has 1 fully saturated rings. The summed E-state index contributed by atoms with van der Waals surface area (Å²) in [6, 6.07) is 15.5. The van der Waals surface area contributed by atoms with Crippen molar-refractivity contribution in [3.05, 3.63) is 108 Å². The highest BCUT2D eigenvalue weighted by Gasteiger charge is 2.46. The van der Waals surface area contributed by atoms with Crippen molar-refractivity contribution in [2.75, 3.05) is 18.0 Å². The lowest BCUT2D eigenvalue weighted by molar-refractivity contribution is -0.131. The number of hydrogen-bond acceptors (Lipinski definition) is 9. The van der Waals surface area contributed by atoms with Crippen LogP contribution >= 0.6 is 17.0 Å². The molecule has 47 heavy (non-hydrogen) atoms. The Morgan fingerprint density at radius 1 is 1.02 bits per heavy atom. The van der Waals surface area contributed by atoms with Crippen molar-refractivity contribution >= 4 is 34.7 Å². The summed E-state index contributed by atoms with van der Waals surface area (Å²) in [7, 11) is 0. The molecule has 0 saturated carbocycles. The van der Waals surface area contributed by atoms with Gasteiger partial charge in [-0.25, -0.2) is 27.9 Å². The van der Waals surface area contributed by atoms with Crippen molar-refractivity contribution < 1.29 is 28.2 Å². The topological polar surface area (TPSA) is 144 Å². The minimum atomic E-state index is -2.02. The third kappa shape index (κ3) is 7.02. The summed E-state index contributed by atoms with van der Waals surface area (Å²) in [4.78, 5) is 32.3. The molecule has 1 saturated heterocycles. The van der Waals surface area contributed by atoms with Gasteiger partial charge in [0.2, 0.25) is 0 Å². The minimum Gasteiger partial charge on any atom is -0.427 e. The zero-order chi connectivity index (χ0) is 32.4. The first-order valence-corrected chi connectivity index (χ1v) is 14.4. The molecule has 1 N–H and O–H groups in total. The molecule has 0 bridgehead atoms. The summed E-state index contributed by atoms with van der Waals surface area (Å²) in [5, 5.41) is 27.8. The number of benzene rings is 3. The maximum absolute atomic E-state index is 15.3. The molecule has 2 aromatic heterocycles. The standard InChI is InChI=1S/C31H29F2N9O4.BrH/c1-20(40-13-14-41(30(40)44)24-6-8-25(9-7-24)42-19-35-37-38-42)31(45,27-12-5-23(32)16-28(27)33)17-39-18-34-29(36-39)15-22-3-10-26(11-4-22)46-21(2)43;/h3-12,16,18-20,45H,13-15,17H2,1-2H3;1H/t20-,31-;/m1./s1. The van der Waals surface area contributed by atoms with Gasteiger partial charge in [-0.1, -0.05) is 18.2 Å². The van der Waals surface area contributed by atoms with E-state index in [9.17, 15) is 19.1 Å². The number of halogens is 3. The molecule has 0 aliphatic carbocycles. The highest BCUT2D eigenvalue weighted by atomic mass is 79.9. The number of carbonyl (C=O) groups is 2. The Morgan fingerprint density at radius 2 is 1.74 bits per heavy atom. The Bertz CT molecular complexity index is 1860. The molecular weight excluding hydrogens is 680 g/mol. The molecule has 3 heterocycles. The van der Waals surface area contributed by atoms with Crippen LogP contribution in [-0.4, -0.2) is 76.1 Å². The van der Waals surface area contributed by atoms with Gasteiger partial charge in [-0.2, -0.15) is 5.10 Å². The van der Waals surface area contributed by atoms with Crippen molar-refractivity contribution in [1.82, 2.24) is 39.9 Å². The fourth-order valence-electron chi connectivity index (χ4n) is 5.52. The molecule has 5 aromatic rings. The molecule has 0 unspecified atom stereocenters. The van der Waals surface area contributed by atoms with Gasteiger partial charge in [0.25, 0.3) is 0 Å². The molecule has 1 aliphatic heterocycles. The number of carbonyl (C=O) groups excluding carboxylic acids is 2. The Hall–Kier alpha value is -5.09. The van der Waals surface area contributed by atoms with Crippen LogP contribution in [0.4, 0.5) is 19.3 Å². The molecule has 2 atom stereocenters. The van der Waals surface area contributed by atoms with Gasteiger partial charge >= 0.3 is 12.0 Å². The average Bonchev–Trinajstić information content (AvgIpc) is 3.80. The third-order valence-corrected chi connectivity index (χ3v) is 7.91. The number of nitrogens with zero attached hydrogens (tertiary/aromatic N) is 9. The summed E-state index contributed by atoms with van der Waals surface area (Å²) < 4.78 is 37.1. The lowest BCUT2D eigenvalue weighted by Gasteiger charge is -2.39. The smallest absolute Gasteiger partial charge is 0.324 e. The molecule has 13 nitrogen and oxygen atoms in total. The Morgan fingerprint density at radius 3 is 2.40 bits per heavy atom. The molecule has 16 heteroatoms. The number of aliphatic hydroxyl groups is 1. The predicted octanol–water partition coefficient (Wildman–Crippen LogP) is 3.84. The second kappa shape index (κ2) is 13.7. The van der Waals surface area contributed by atoms with Gasteiger partial charge in [-0.3, -0.25) is 9.69 Å². The van der Waals surface area contributed by atoms with Crippen LogP contribution < -0.4 is 9.64 Å². The van der Waals surface area contributed by atoms with Crippen LogP contribution in [-0.2, 0) is 23.4 Å². The second-order valence-electron chi connectivity index (χ2n) is 10.9. The van der Waals surface area contributed by atoms with Crippen molar-refractivity contribution in [2.45, 2.75) is 38.5 Å². The molecule has 3 aromatic carbocycles. The molecule has 1 aliphatic rings. The molecule has 0 radical (unpaired) electrons. The number of hydrogen-bond donors (Lipinski definition) is 1. The van der Waals surface area contributed by atoms with Gasteiger partial charge in [0.1, 0.15) is 35.6 Å². The number of esters is 1. The van der Waals surface area contributed by atoms with Crippen LogP contribution in [0.2, 0.25) is 0 Å². The monoisotopic (exact) mass is 709 g/mol. The van der Waals surface area contributed by atoms with Crippen LogP contribution in [0.15, 0.2) is 79.4 Å². The molecule has 244 valence electrons. The van der Waals surface area contributed by atoms with Crippen LogP contribution in [0.1, 0.15) is 30.8 Å². The van der Waals surface area contributed by atoms with Crippen molar-refractivity contribution in [2.24, 2.45) is 0 Å². The molecular formula is C31H30BrF2N9O4. The number of rotatable bonds is 10. The summed E-state index contributed by atoms with van der Waals surface area (Å²) in [6.45, 7) is 3.22. The summed E-state index contributed by atoms with van der Waals surface area (Å²) in [5.74, 6) is -1.35. The Balaban J connectivity index is 0.00000433. The average molecular weight is 711 g/mol. The first-order valence-electron chi connectivity index (χ1n) is 14.4. The highest BCUT2D eigenvalue weighted by Crippen LogP contribution is 2.35. The third-order valence-electron chi connectivity index (χ3n) is 7.91. The van der Waals surface area contributed by atoms with Gasteiger partial charge in [0.05, 0.1) is 18.3 Å². The van der Waals surface area contributed by atoms with Crippen LogP contribution in [0.5, 0.6) is 5.75 Å². The van der Waals surface area contributed by atoms with E-state index in [1.165, 1.54) is 39.9 Å². The van der Waals surface area contributed by atoms with Crippen molar-refractivity contribution in [3.63, 3.8) is 0 Å². The quantitative estimate of drug-likeness (QED) is 0.169. The van der Waals surface area contributed by atoms with E-state index in [0.29, 0.717) is 42.0 Å². The molecule has 2 amide bonds. The summed E-state index contributed by atoms with van der Waals surface area (Å²) in [5.41, 5.74) is -0.0377. The van der Waals surface area contributed by atoms with Crippen LogP contribution in [0, 0.1) is 11.6 Å². The van der Waals surface area contributed by atoms with Crippen molar-refractivity contribution in [1.29, 1.82) is 0 Å². The lowest BCUT2D eigenvalue weighted by atomic mass is 9.85. The van der Waals surface area contributed by atoms with Crippen LogP contribution in [0.3, 0.4) is 0 Å². The summed E-state index contributed by atoms with van der Waals surface area (Å²) in [6.07, 6.45) is 3.20. The van der Waals surface area contributed by atoms with Gasteiger partial charge < -0.3 is 14.7 Å². The van der Waals surface area contributed by atoms with Gasteiger partial charge in [-0.05, 0) is 65.4 Å². The van der Waals surface area contributed by atoms with Gasteiger partial charge in [-0.15, -0.1) is 22.1 Å². The fraction of sp³-hybridized carbons (Fsp3) is 0.258. The number of urea groups is 1. The van der Waals surface area contributed by atoms with Crippen LogP contribution in [0.25, 0.3) is 5.69 Å². The highest BCUT2D eigenvalue weighted by molar-refractivity contribution is 8.93. The first-order chi connectivity index (χ1) is 22.1. The van der Waals surface area contributed by atoms with Gasteiger partial charge in [0, 0.05) is 43.8 Å². The van der Waals surface area contributed by atoms with E-state index in [2.05, 4.69) is 25.6 Å². The maximum atomic E-state index is 15.3. The summed E-state index contributed by atoms with van der Waals surface area (Å²) >= 11 is 0. The second-order valence-corrected chi connectivity index (χ2v) is 10.9. The predicted molar refractivity (Wildman–Crippen MR) is 169 cm³/mol. The minimum absolute atomic E-state index is 0. The zero-order valence-electron chi connectivity index (χ0n) is 25.3. The Labute approximate surface area is 278 Å². The van der Waals surface area contributed by atoms with E-state index in [0.717, 1.165) is 11.6 Å². The van der Waals surface area contributed by atoms with E-state index < -0.39 is 29.2 Å². The van der Waals surface area contributed by atoms with Gasteiger partial charge in [0.15, 0.2) is 5.82 Å². The number of anilines is 1. The number of tetrazole rings is 1. The number of aromatic nitrogens is 7. The molecule has 6 rings (SSSR count). The van der Waals surface area contributed by atoms with E-state index in [4.69, 9.17) is 4.74 Å². The normalized spacial score (nSPS) is 14.9. The first kappa shape index (κ1) is 33.3. The molecule has 0 spiro atoms. The maximum Gasteiger partial charge on any atom is 0.324 e. The fourth-order valence-corrected chi connectivity index (χ4v) is 5.52. The van der Waals surface area contributed by atoms with E-state index in [1.807, 2.05) is 0 Å². The zero-order valence-corrected chi connectivity index (χ0v) is 27.0. The lowest BCUT2D eigenvalue weighted by Crippen LogP contribution is -2.53. The SMILES string of the molecule is Br.CC(=O)Oc1ccc(Cc2ncn(C[C@](O)(c3ccc(F)cc3F)[C@@H](C)N3CCN(c4ccc(-n5cnnn5)cc4)C3=O)n2)cc1. The van der Waals surface area contributed by atoms with Crippen molar-refractivity contribution in [3.8, 4) is 11.4 Å². The largest absolute Gasteiger partial charge is 0.427 e. The number of amides is 2. The van der Waals surface area contributed by atoms with E-state index in [-0.39, 0.29) is 41.7 Å². The van der Waals surface area contributed by atoms with E-state index in [1.54, 1.807) is 60.4 Å². The number of ether oxygens (including phenoxy) is 1. The van der Waals surface area contributed by atoms with E-state index >= 15 is 4.39 Å².